The van der Waals surface area contributed by atoms with Gasteiger partial charge in [0.1, 0.15) is 18.5 Å². The van der Waals surface area contributed by atoms with Gasteiger partial charge in [-0.3, -0.25) is 0 Å². The number of halogens is 1. The Morgan fingerprint density at radius 1 is 1.27 bits per heavy atom. The zero-order valence-electron chi connectivity index (χ0n) is 15.3. The molecule has 1 unspecified atom stereocenters. The maximum Gasteiger partial charge on any atom is 0.407 e. The zero-order chi connectivity index (χ0) is 18.7. The lowest BCUT2D eigenvalue weighted by atomic mass is 9.85. The van der Waals surface area contributed by atoms with Gasteiger partial charge < -0.3 is 14.8 Å². The van der Waals surface area contributed by atoms with Gasteiger partial charge in [-0.2, -0.15) is 0 Å². The van der Waals surface area contributed by atoms with Crippen LogP contribution in [-0.4, -0.2) is 18.7 Å². The molecule has 1 aliphatic heterocycles. The molecule has 3 rings (SSSR count). The molecule has 0 aromatic heterocycles. The largest absolute Gasteiger partial charge is 0.488 e. The van der Waals surface area contributed by atoms with Crippen molar-refractivity contribution in [1.82, 2.24) is 5.32 Å². The van der Waals surface area contributed by atoms with Crippen molar-refractivity contribution in [2.24, 2.45) is 0 Å². The van der Waals surface area contributed by atoms with Gasteiger partial charge in [-0.25, -0.2) is 4.79 Å². The maximum absolute atomic E-state index is 11.9. The first-order valence-corrected chi connectivity index (χ1v) is 9.15. The van der Waals surface area contributed by atoms with Gasteiger partial charge >= 0.3 is 6.09 Å². The highest BCUT2D eigenvalue weighted by molar-refractivity contribution is 6.30. The Morgan fingerprint density at radius 3 is 2.69 bits per heavy atom. The fourth-order valence-corrected chi connectivity index (χ4v) is 3.28. The van der Waals surface area contributed by atoms with Crippen molar-refractivity contribution < 1.29 is 14.3 Å². The first-order chi connectivity index (χ1) is 12.3. The molecule has 1 atom stereocenters. The summed E-state index contributed by atoms with van der Waals surface area (Å²) >= 11 is 6.26. The third-order valence-electron chi connectivity index (χ3n) is 4.36. The molecule has 0 saturated heterocycles. The fraction of sp³-hybridized carbons (Fsp3) is 0.381. The first-order valence-electron chi connectivity index (χ1n) is 8.77. The molecule has 1 N–H and O–H groups in total. The van der Waals surface area contributed by atoms with Crippen LogP contribution in [0.25, 0.3) is 0 Å². The molecule has 0 radical (unpaired) electrons. The van der Waals surface area contributed by atoms with Crippen LogP contribution in [0.3, 0.4) is 0 Å². The van der Waals surface area contributed by atoms with Crippen molar-refractivity contribution in [1.29, 1.82) is 0 Å². The summed E-state index contributed by atoms with van der Waals surface area (Å²) in [5.74, 6) is 0.895. The topological polar surface area (TPSA) is 47.6 Å². The molecular weight excluding hydrogens is 350 g/mol. The van der Waals surface area contributed by atoms with Gasteiger partial charge in [0.25, 0.3) is 0 Å². The Morgan fingerprint density at radius 2 is 2.00 bits per heavy atom. The van der Waals surface area contributed by atoms with Gasteiger partial charge in [-0.05, 0) is 28.7 Å². The van der Waals surface area contributed by atoms with E-state index in [1.165, 1.54) is 0 Å². The minimum atomic E-state index is -0.442. The first kappa shape index (κ1) is 18.6. The lowest BCUT2D eigenvalue weighted by Gasteiger charge is -2.23. The van der Waals surface area contributed by atoms with E-state index in [0.717, 1.165) is 28.9 Å². The number of hydrogen-bond donors (Lipinski definition) is 1. The van der Waals surface area contributed by atoms with Crippen LogP contribution in [-0.2, 0) is 23.2 Å². The van der Waals surface area contributed by atoms with Crippen LogP contribution in [0.1, 0.15) is 37.5 Å². The predicted octanol–water partition coefficient (Wildman–Crippen LogP) is 4.87. The van der Waals surface area contributed by atoms with Crippen molar-refractivity contribution in [2.75, 3.05) is 6.54 Å². The van der Waals surface area contributed by atoms with E-state index in [1.54, 1.807) is 0 Å². The zero-order valence-corrected chi connectivity index (χ0v) is 16.1. The summed E-state index contributed by atoms with van der Waals surface area (Å²) in [7, 11) is 0. The van der Waals surface area contributed by atoms with Crippen LogP contribution in [0.15, 0.2) is 42.5 Å². The average Bonchev–Trinajstić information content (AvgIpc) is 3.00. The Kier molecular flexibility index (Phi) is 5.42. The minimum absolute atomic E-state index is 0.0636. The van der Waals surface area contributed by atoms with E-state index >= 15 is 0 Å². The summed E-state index contributed by atoms with van der Waals surface area (Å²) < 4.78 is 11.3. The number of hydrogen-bond acceptors (Lipinski definition) is 3. The number of fused-ring (bicyclic) bond motifs is 1. The van der Waals surface area contributed by atoms with E-state index in [1.807, 2.05) is 42.5 Å². The molecule has 0 aliphatic carbocycles. The maximum atomic E-state index is 11.9. The van der Waals surface area contributed by atoms with E-state index in [4.69, 9.17) is 21.1 Å². The molecule has 1 amide bonds. The van der Waals surface area contributed by atoms with Gasteiger partial charge in [-0.1, -0.05) is 62.7 Å². The SMILES string of the molecule is CC(C)(C)c1cc(Cl)cc2c1OC(CNC(=O)OCc1ccccc1)C2. The molecule has 0 bridgehead atoms. The normalized spacial score (nSPS) is 15.9. The molecule has 5 heteroatoms. The van der Waals surface area contributed by atoms with Gasteiger partial charge in [0.05, 0.1) is 6.54 Å². The van der Waals surface area contributed by atoms with Crippen LogP contribution in [0.4, 0.5) is 4.79 Å². The highest BCUT2D eigenvalue weighted by Gasteiger charge is 2.30. The molecule has 0 saturated carbocycles. The molecule has 0 fully saturated rings. The van der Waals surface area contributed by atoms with Crippen molar-refractivity contribution >= 4 is 17.7 Å². The number of carbonyl (C=O) groups is 1. The Bertz CT molecular complexity index is 784. The standard InChI is InChI=1S/C21H24ClNO3/c1-21(2,3)18-11-16(22)9-15-10-17(26-19(15)18)12-23-20(24)25-13-14-7-5-4-6-8-14/h4-9,11,17H,10,12-13H2,1-3H3,(H,23,24). The van der Waals surface area contributed by atoms with Crippen molar-refractivity contribution in [3.05, 3.63) is 64.2 Å². The van der Waals surface area contributed by atoms with Crippen LogP contribution in [0.5, 0.6) is 5.75 Å². The van der Waals surface area contributed by atoms with E-state index in [-0.39, 0.29) is 18.1 Å². The second kappa shape index (κ2) is 7.58. The summed E-state index contributed by atoms with van der Waals surface area (Å²) in [5, 5.41) is 3.50. The number of alkyl carbamates (subject to hydrolysis) is 1. The second-order valence-corrected chi connectivity index (χ2v) is 8.01. The summed E-state index contributed by atoms with van der Waals surface area (Å²) in [6.07, 6.45) is 0.161. The molecule has 2 aromatic carbocycles. The summed E-state index contributed by atoms with van der Waals surface area (Å²) in [5.41, 5.74) is 3.07. The fourth-order valence-electron chi connectivity index (χ4n) is 3.04. The lowest BCUT2D eigenvalue weighted by Crippen LogP contribution is -2.34. The molecular formula is C21H24ClNO3. The third-order valence-corrected chi connectivity index (χ3v) is 4.58. The van der Waals surface area contributed by atoms with Gasteiger partial charge in [-0.15, -0.1) is 0 Å². The second-order valence-electron chi connectivity index (χ2n) is 7.58. The van der Waals surface area contributed by atoms with Gasteiger partial charge in [0.15, 0.2) is 0 Å². The van der Waals surface area contributed by atoms with Gasteiger partial charge in [0, 0.05) is 17.0 Å². The van der Waals surface area contributed by atoms with E-state index < -0.39 is 6.09 Å². The van der Waals surface area contributed by atoms with E-state index in [9.17, 15) is 4.79 Å². The Balaban J connectivity index is 1.55. The lowest BCUT2D eigenvalue weighted by molar-refractivity contribution is 0.133. The van der Waals surface area contributed by atoms with E-state index in [0.29, 0.717) is 11.6 Å². The quantitative estimate of drug-likeness (QED) is 0.831. The molecule has 0 spiro atoms. The number of rotatable bonds is 4. The number of ether oxygens (including phenoxy) is 2. The van der Waals surface area contributed by atoms with Crippen LogP contribution >= 0.6 is 11.6 Å². The molecule has 2 aromatic rings. The predicted molar refractivity (Wildman–Crippen MR) is 103 cm³/mol. The molecule has 26 heavy (non-hydrogen) atoms. The minimum Gasteiger partial charge on any atom is -0.488 e. The molecule has 1 aliphatic rings. The Labute approximate surface area is 159 Å². The van der Waals surface area contributed by atoms with Crippen LogP contribution in [0.2, 0.25) is 5.02 Å². The third kappa shape index (κ3) is 4.50. The number of carbonyl (C=O) groups excluding carboxylic acids is 1. The number of nitrogens with one attached hydrogen (secondary N) is 1. The molecule has 138 valence electrons. The smallest absolute Gasteiger partial charge is 0.407 e. The summed E-state index contributed by atoms with van der Waals surface area (Å²) in [6.45, 7) is 7.05. The summed E-state index contributed by atoms with van der Waals surface area (Å²) in [4.78, 5) is 11.9. The average molecular weight is 374 g/mol. The molecule has 1 heterocycles. The van der Waals surface area contributed by atoms with Crippen molar-refractivity contribution in [3.63, 3.8) is 0 Å². The highest BCUT2D eigenvalue weighted by atomic mass is 35.5. The van der Waals surface area contributed by atoms with Gasteiger partial charge in [0.2, 0.25) is 0 Å². The molecule has 4 nitrogen and oxygen atoms in total. The number of benzene rings is 2. The van der Waals surface area contributed by atoms with Crippen LogP contribution < -0.4 is 10.1 Å². The van der Waals surface area contributed by atoms with Crippen LogP contribution in [0, 0.1) is 0 Å². The highest BCUT2D eigenvalue weighted by Crippen LogP contribution is 2.41. The summed E-state index contributed by atoms with van der Waals surface area (Å²) in [6, 6.07) is 13.5. The Hall–Kier alpha value is -2.20. The van der Waals surface area contributed by atoms with Crippen molar-refractivity contribution in [3.8, 4) is 5.75 Å². The monoisotopic (exact) mass is 373 g/mol. The number of amides is 1. The van der Waals surface area contributed by atoms with E-state index in [2.05, 4.69) is 26.1 Å². The van der Waals surface area contributed by atoms with Crippen molar-refractivity contribution in [2.45, 2.75) is 45.3 Å².